The molecule has 1 aliphatic rings. The first-order valence-corrected chi connectivity index (χ1v) is 7.24. The molecular weight excluding hydrogens is 272 g/mol. The number of fused-ring (bicyclic) bond motifs is 4. The molecular formula is C19H14N2O. The first-order valence-electron chi connectivity index (χ1n) is 7.24. The summed E-state index contributed by atoms with van der Waals surface area (Å²) < 4.78 is 0. The lowest BCUT2D eigenvalue weighted by molar-refractivity contribution is 0.103. The summed E-state index contributed by atoms with van der Waals surface area (Å²) in [7, 11) is 0. The van der Waals surface area contributed by atoms with E-state index in [1.807, 2.05) is 36.4 Å². The molecule has 0 spiro atoms. The van der Waals surface area contributed by atoms with Crippen LogP contribution in [0.25, 0.3) is 10.9 Å². The third-order valence-corrected chi connectivity index (χ3v) is 4.62. The summed E-state index contributed by atoms with van der Waals surface area (Å²) >= 11 is 0. The minimum atomic E-state index is -0.272. The number of hydrogen-bond acceptors (Lipinski definition) is 2. The van der Waals surface area contributed by atoms with E-state index in [0.29, 0.717) is 5.56 Å². The molecule has 1 aliphatic carbocycles. The fraction of sp³-hybridized carbons (Fsp3) is 0.158. The van der Waals surface area contributed by atoms with Gasteiger partial charge in [0.25, 0.3) is 0 Å². The number of nitrogens with zero attached hydrogens (tertiary/aromatic N) is 1. The minimum Gasteiger partial charge on any atom is -0.357 e. The van der Waals surface area contributed by atoms with Gasteiger partial charge in [0.05, 0.1) is 17.2 Å². The molecule has 22 heavy (non-hydrogen) atoms. The summed E-state index contributed by atoms with van der Waals surface area (Å²) in [5.74, 6) is 0.0564. The zero-order valence-corrected chi connectivity index (χ0v) is 12.4. The lowest BCUT2D eigenvalue weighted by Gasteiger charge is -2.31. The van der Waals surface area contributed by atoms with Crippen LogP contribution in [0, 0.1) is 11.3 Å². The molecule has 2 aromatic carbocycles. The summed E-state index contributed by atoms with van der Waals surface area (Å²) in [6, 6.07) is 15.4. The van der Waals surface area contributed by atoms with Crippen molar-refractivity contribution in [3.05, 3.63) is 70.4 Å². The highest BCUT2D eigenvalue weighted by Gasteiger charge is 2.39. The number of hydrogen-bond donors (Lipinski definition) is 1. The molecule has 0 saturated carbocycles. The average molecular weight is 286 g/mol. The summed E-state index contributed by atoms with van der Waals surface area (Å²) in [6.07, 6.45) is 0. The van der Waals surface area contributed by atoms with E-state index in [1.165, 1.54) is 0 Å². The van der Waals surface area contributed by atoms with Crippen molar-refractivity contribution in [1.82, 2.24) is 4.98 Å². The van der Waals surface area contributed by atoms with Crippen LogP contribution < -0.4 is 0 Å². The van der Waals surface area contributed by atoms with Crippen LogP contribution in [0.4, 0.5) is 0 Å². The van der Waals surface area contributed by atoms with Gasteiger partial charge in [0.2, 0.25) is 0 Å². The van der Waals surface area contributed by atoms with E-state index in [9.17, 15) is 4.79 Å². The molecule has 4 rings (SSSR count). The topological polar surface area (TPSA) is 56.6 Å². The van der Waals surface area contributed by atoms with Crippen molar-refractivity contribution in [3.63, 3.8) is 0 Å². The van der Waals surface area contributed by atoms with Gasteiger partial charge in [-0.2, -0.15) is 5.26 Å². The molecule has 0 aliphatic heterocycles. The lowest BCUT2D eigenvalue weighted by atomic mass is 9.71. The number of carbonyl (C=O) groups excluding carboxylic acids is 1. The highest BCUT2D eigenvalue weighted by Crippen LogP contribution is 2.43. The Labute approximate surface area is 128 Å². The first kappa shape index (κ1) is 12.8. The van der Waals surface area contributed by atoms with Crippen LogP contribution in [-0.2, 0) is 5.41 Å². The number of nitrogens with one attached hydrogen (secondary N) is 1. The van der Waals surface area contributed by atoms with Gasteiger partial charge in [-0.05, 0) is 17.7 Å². The molecule has 1 heterocycles. The van der Waals surface area contributed by atoms with Gasteiger partial charge >= 0.3 is 0 Å². The number of aromatic nitrogens is 1. The maximum absolute atomic E-state index is 12.9. The van der Waals surface area contributed by atoms with Gasteiger partial charge in [0.1, 0.15) is 0 Å². The molecule has 0 fully saturated rings. The highest BCUT2D eigenvalue weighted by molar-refractivity contribution is 6.20. The molecule has 106 valence electrons. The molecule has 0 saturated heterocycles. The zero-order valence-electron chi connectivity index (χ0n) is 12.4. The standard InChI is InChI=1S/C19H14N2O/c1-19(2)14-6-4-3-5-12(14)17(22)16-13-8-7-11(10-20)9-15(13)21-18(16)19/h3-9,21H,1-2H3. The van der Waals surface area contributed by atoms with E-state index in [-0.39, 0.29) is 11.2 Å². The number of ketones is 1. The number of H-pyrrole nitrogens is 1. The Morgan fingerprint density at radius 2 is 1.91 bits per heavy atom. The quantitative estimate of drug-likeness (QED) is 0.681. The van der Waals surface area contributed by atoms with Gasteiger partial charge in [-0.1, -0.05) is 44.2 Å². The predicted octanol–water partition coefficient (Wildman–Crippen LogP) is 3.91. The normalized spacial score (nSPS) is 15.2. The van der Waals surface area contributed by atoms with Crippen molar-refractivity contribution < 1.29 is 4.79 Å². The van der Waals surface area contributed by atoms with Crippen LogP contribution in [0.3, 0.4) is 0 Å². The van der Waals surface area contributed by atoms with Crippen molar-refractivity contribution in [1.29, 1.82) is 5.26 Å². The number of rotatable bonds is 0. The molecule has 0 radical (unpaired) electrons. The monoisotopic (exact) mass is 286 g/mol. The molecule has 3 heteroatoms. The van der Waals surface area contributed by atoms with Gasteiger partial charge in [-0.3, -0.25) is 4.79 Å². The van der Waals surface area contributed by atoms with Crippen LogP contribution >= 0.6 is 0 Å². The Bertz CT molecular complexity index is 986. The number of aromatic amines is 1. The molecule has 1 N–H and O–H groups in total. The van der Waals surface area contributed by atoms with Crippen molar-refractivity contribution in [2.75, 3.05) is 0 Å². The first-order chi connectivity index (χ1) is 10.5. The number of nitriles is 1. The van der Waals surface area contributed by atoms with E-state index in [2.05, 4.69) is 24.9 Å². The molecule has 3 nitrogen and oxygen atoms in total. The second-order valence-electron chi connectivity index (χ2n) is 6.25. The van der Waals surface area contributed by atoms with Gasteiger partial charge in [-0.25, -0.2) is 0 Å². The molecule has 0 atom stereocenters. The van der Waals surface area contributed by atoms with E-state index in [1.54, 1.807) is 6.07 Å². The number of benzene rings is 2. The third-order valence-electron chi connectivity index (χ3n) is 4.62. The van der Waals surface area contributed by atoms with Crippen LogP contribution in [0.1, 0.15) is 46.6 Å². The van der Waals surface area contributed by atoms with Crippen LogP contribution in [0.5, 0.6) is 0 Å². The van der Waals surface area contributed by atoms with Crippen molar-refractivity contribution in [2.45, 2.75) is 19.3 Å². The van der Waals surface area contributed by atoms with Gasteiger partial charge < -0.3 is 4.98 Å². The second-order valence-corrected chi connectivity index (χ2v) is 6.25. The molecule has 0 unspecified atom stereocenters. The predicted molar refractivity (Wildman–Crippen MR) is 85.0 cm³/mol. The van der Waals surface area contributed by atoms with Crippen molar-refractivity contribution in [3.8, 4) is 6.07 Å². The minimum absolute atomic E-state index is 0.0564. The fourth-order valence-corrected chi connectivity index (χ4v) is 3.47. The summed E-state index contributed by atoms with van der Waals surface area (Å²) in [6.45, 7) is 4.25. The molecule has 1 aromatic heterocycles. The van der Waals surface area contributed by atoms with Gasteiger partial charge in [0, 0.05) is 27.6 Å². The number of carbonyl (C=O) groups is 1. The Balaban J connectivity index is 2.11. The van der Waals surface area contributed by atoms with Crippen LogP contribution in [0.15, 0.2) is 42.5 Å². The summed E-state index contributed by atoms with van der Waals surface area (Å²) in [5.41, 5.74) is 4.65. The van der Waals surface area contributed by atoms with Crippen molar-refractivity contribution >= 4 is 16.7 Å². The maximum atomic E-state index is 12.9. The SMILES string of the molecule is CC1(C)c2ccccc2C(=O)c2c1[nH]c1cc(C#N)ccc21. The largest absolute Gasteiger partial charge is 0.357 e. The van der Waals surface area contributed by atoms with E-state index in [0.717, 1.165) is 33.3 Å². The fourth-order valence-electron chi connectivity index (χ4n) is 3.47. The van der Waals surface area contributed by atoms with Gasteiger partial charge in [-0.15, -0.1) is 0 Å². The third kappa shape index (κ3) is 1.47. The second kappa shape index (κ2) is 4.08. The smallest absolute Gasteiger partial charge is 0.195 e. The average Bonchev–Trinajstić information content (AvgIpc) is 2.92. The van der Waals surface area contributed by atoms with Crippen LogP contribution in [-0.4, -0.2) is 10.8 Å². The molecule has 0 bridgehead atoms. The van der Waals surface area contributed by atoms with Gasteiger partial charge in [0.15, 0.2) is 5.78 Å². The molecule has 0 amide bonds. The van der Waals surface area contributed by atoms with Crippen LogP contribution in [0.2, 0.25) is 0 Å². The van der Waals surface area contributed by atoms with Crippen molar-refractivity contribution in [2.24, 2.45) is 0 Å². The highest BCUT2D eigenvalue weighted by atomic mass is 16.1. The maximum Gasteiger partial charge on any atom is 0.195 e. The lowest BCUT2D eigenvalue weighted by Crippen LogP contribution is -2.30. The summed E-state index contributed by atoms with van der Waals surface area (Å²) in [4.78, 5) is 16.3. The Morgan fingerprint density at radius 3 is 2.68 bits per heavy atom. The van der Waals surface area contributed by atoms with E-state index in [4.69, 9.17) is 5.26 Å². The Hall–Kier alpha value is -2.86. The zero-order chi connectivity index (χ0) is 15.5. The Kier molecular flexibility index (Phi) is 2.38. The molecule has 3 aromatic rings. The Morgan fingerprint density at radius 1 is 1.14 bits per heavy atom. The summed E-state index contributed by atoms with van der Waals surface area (Å²) in [5, 5.41) is 9.96. The van der Waals surface area contributed by atoms with E-state index < -0.39 is 0 Å². The van der Waals surface area contributed by atoms with E-state index >= 15 is 0 Å².